The van der Waals surface area contributed by atoms with Gasteiger partial charge >= 0.3 is 6.09 Å². The first kappa shape index (κ1) is 13.9. The SMILES string of the molecule is Cc1oc2c(c1CCN)CN(C(=O)OC(C)(C)C)C2. The van der Waals surface area contributed by atoms with Crippen molar-refractivity contribution in [2.24, 2.45) is 5.73 Å². The second kappa shape index (κ2) is 4.89. The summed E-state index contributed by atoms with van der Waals surface area (Å²) < 4.78 is 11.1. The van der Waals surface area contributed by atoms with Gasteiger partial charge in [-0.3, -0.25) is 4.90 Å². The van der Waals surface area contributed by atoms with E-state index in [1.54, 1.807) is 4.90 Å². The maximum Gasteiger partial charge on any atom is 0.411 e. The molecule has 1 amide bonds. The fraction of sp³-hybridized carbons (Fsp3) is 0.643. The van der Waals surface area contributed by atoms with Crippen LogP contribution in [-0.4, -0.2) is 23.1 Å². The van der Waals surface area contributed by atoms with Crippen LogP contribution in [0.5, 0.6) is 0 Å². The van der Waals surface area contributed by atoms with Gasteiger partial charge in [-0.15, -0.1) is 0 Å². The number of amides is 1. The van der Waals surface area contributed by atoms with E-state index in [0.29, 0.717) is 19.6 Å². The Morgan fingerprint density at radius 2 is 2.11 bits per heavy atom. The molecule has 0 saturated heterocycles. The largest absolute Gasteiger partial charge is 0.464 e. The Hall–Kier alpha value is -1.49. The molecular weight excluding hydrogens is 244 g/mol. The Kier molecular flexibility index (Phi) is 3.58. The van der Waals surface area contributed by atoms with Gasteiger partial charge in [0.05, 0.1) is 13.1 Å². The highest BCUT2D eigenvalue weighted by atomic mass is 16.6. The molecule has 5 nitrogen and oxygen atoms in total. The second-order valence-electron chi connectivity index (χ2n) is 5.91. The molecule has 0 aromatic carbocycles. The van der Waals surface area contributed by atoms with Crippen molar-refractivity contribution in [3.05, 3.63) is 22.6 Å². The molecule has 1 aromatic heterocycles. The highest BCUT2D eigenvalue weighted by Gasteiger charge is 2.32. The highest BCUT2D eigenvalue weighted by Crippen LogP contribution is 2.31. The lowest BCUT2D eigenvalue weighted by Crippen LogP contribution is -2.33. The summed E-state index contributed by atoms with van der Waals surface area (Å²) in [4.78, 5) is 13.7. The zero-order valence-corrected chi connectivity index (χ0v) is 12.1. The average molecular weight is 266 g/mol. The zero-order chi connectivity index (χ0) is 14.2. The van der Waals surface area contributed by atoms with E-state index in [-0.39, 0.29) is 6.09 Å². The van der Waals surface area contributed by atoms with Crippen LogP contribution >= 0.6 is 0 Å². The number of carbonyl (C=O) groups is 1. The third-order valence-corrected chi connectivity index (χ3v) is 3.13. The molecule has 2 heterocycles. The number of fused-ring (bicyclic) bond motifs is 1. The first-order valence-corrected chi connectivity index (χ1v) is 6.60. The molecular formula is C14H22N2O3. The summed E-state index contributed by atoms with van der Waals surface area (Å²) in [6.45, 7) is 9.15. The van der Waals surface area contributed by atoms with Gasteiger partial charge in [0.15, 0.2) is 0 Å². The molecule has 1 aromatic rings. The summed E-state index contributed by atoms with van der Waals surface area (Å²) in [5, 5.41) is 0. The minimum Gasteiger partial charge on any atom is -0.464 e. The average Bonchev–Trinajstić information content (AvgIpc) is 2.77. The van der Waals surface area contributed by atoms with Gasteiger partial charge in [0.1, 0.15) is 17.1 Å². The molecule has 2 rings (SSSR count). The smallest absolute Gasteiger partial charge is 0.411 e. The number of aryl methyl sites for hydroxylation is 1. The van der Waals surface area contributed by atoms with Crippen LogP contribution in [0.4, 0.5) is 4.79 Å². The Bertz CT molecular complexity index is 486. The Balaban J connectivity index is 2.10. The van der Waals surface area contributed by atoms with Crippen LogP contribution in [0.15, 0.2) is 4.42 Å². The molecule has 19 heavy (non-hydrogen) atoms. The summed E-state index contributed by atoms with van der Waals surface area (Å²) in [5.41, 5.74) is 7.39. The minimum atomic E-state index is -0.475. The minimum absolute atomic E-state index is 0.296. The maximum atomic E-state index is 12.0. The van der Waals surface area contributed by atoms with E-state index in [0.717, 1.165) is 29.1 Å². The Morgan fingerprint density at radius 3 is 2.68 bits per heavy atom. The van der Waals surface area contributed by atoms with E-state index < -0.39 is 5.60 Å². The number of nitrogens with zero attached hydrogens (tertiary/aromatic N) is 1. The summed E-state index contributed by atoms with van der Waals surface area (Å²) >= 11 is 0. The van der Waals surface area contributed by atoms with E-state index in [4.69, 9.17) is 14.9 Å². The predicted molar refractivity (Wildman–Crippen MR) is 71.7 cm³/mol. The zero-order valence-electron chi connectivity index (χ0n) is 12.1. The van der Waals surface area contributed by atoms with Crippen LogP contribution in [0.1, 0.15) is 43.4 Å². The molecule has 106 valence electrons. The van der Waals surface area contributed by atoms with Crippen molar-refractivity contribution in [1.82, 2.24) is 4.90 Å². The molecule has 0 saturated carbocycles. The monoisotopic (exact) mass is 266 g/mol. The third-order valence-electron chi connectivity index (χ3n) is 3.13. The normalized spacial score (nSPS) is 14.7. The molecule has 2 N–H and O–H groups in total. The van der Waals surface area contributed by atoms with Crippen molar-refractivity contribution in [2.45, 2.75) is 52.8 Å². The van der Waals surface area contributed by atoms with Crippen molar-refractivity contribution in [1.29, 1.82) is 0 Å². The van der Waals surface area contributed by atoms with E-state index in [9.17, 15) is 4.79 Å². The molecule has 0 atom stereocenters. The summed E-state index contributed by atoms with van der Waals surface area (Å²) in [6, 6.07) is 0. The number of furan rings is 1. The van der Waals surface area contributed by atoms with Crippen LogP contribution < -0.4 is 5.73 Å². The molecule has 1 aliphatic rings. The van der Waals surface area contributed by atoms with Crippen molar-refractivity contribution in [2.75, 3.05) is 6.54 Å². The van der Waals surface area contributed by atoms with E-state index in [2.05, 4.69) is 0 Å². The van der Waals surface area contributed by atoms with Crippen molar-refractivity contribution in [3.8, 4) is 0 Å². The van der Waals surface area contributed by atoms with Crippen LogP contribution in [-0.2, 0) is 24.2 Å². The number of hydrogen-bond acceptors (Lipinski definition) is 4. The van der Waals surface area contributed by atoms with Crippen LogP contribution in [0.2, 0.25) is 0 Å². The van der Waals surface area contributed by atoms with E-state index in [1.807, 2.05) is 27.7 Å². The van der Waals surface area contributed by atoms with Crippen LogP contribution in [0.3, 0.4) is 0 Å². The molecule has 0 aliphatic carbocycles. The number of nitrogens with two attached hydrogens (primary N) is 1. The van der Waals surface area contributed by atoms with Crippen molar-refractivity contribution in [3.63, 3.8) is 0 Å². The van der Waals surface area contributed by atoms with Gasteiger partial charge in [0.25, 0.3) is 0 Å². The summed E-state index contributed by atoms with van der Waals surface area (Å²) in [7, 11) is 0. The quantitative estimate of drug-likeness (QED) is 0.892. The fourth-order valence-corrected chi connectivity index (χ4v) is 2.35. The van der Waals surface area contributed by atoms with Gasteiger partial charge in [-0.1, -0.05) is 0 Å². The van der Waals surface area contributed by atoms with Gasteiger partial charge in [0, 0.05) is 5.56 Å². The molecule has 0 fully saturated rings. The van der Waals surface area contributed by atoms with E-state index >= 15 is 0 Å². The molecule has 0 spiro atoms. The number of carbonyl (C=O) groups excluding carboxylic acids is 1. The number of hydrogen-bond donors (Lipinski definition) is 1. The third kappa shape index (κ3) is 2.92. The molecule has 0 unspecified atom stereocenters. The lowest BCUT2D eigenvalue weighted by atomic mass is 10.1. The van der Waals surface area contributed by atoms with Gasteiger partial charge in [-0.2, -0.15) is 0 Å². The van der Waals surface area contributed by atoms with Gasteiger partial charge in [-0.05, 0) is 46.2 Å². The fourth-order valence-electron chi connectivity index (χ4n) is 2.35. The standard InChI is InChI=1S/C14H22N2O3/c1-9-10(5-6-15)11-7-16(8-12(11)18-9)13(17)19-14(2,3)4/h5-8,15H2,1-4H3. The number of ether oxygens (including phenoxy) is 1. The van der Waals surface area contributed by atoms with Gasteiger partial charge in [0.2, 0.25) is 0 Å². The lowest BCUT2D eigenvalue weighted by Gasteiger charge is -2.24. The molecule has 5 heteroatoms. The van der Waals surface area contributed by atoms with Crippen LogP contribution in [0.25, 0.3) is 0 Å². The molecule has 0 bridgehead atoms. The van der Waals surface area contributed by atoms with Gasteiger partial charge < -0.3 is 14.9 Å². The predicted octanol–water partition coefficient (Wildman–Crippen LogP) is 2.34. The molecule has 1 aliphatic heterocycles. The summed E-state index contributed by atoms with van der Waals surface area (Å²) in [6.07, 6.45) is 0.488. The first-order valence-electron chi connectivity index (χ1n) is 6.60. The van der Waals surface area contributed by atoms with Crippen molar-refractivity contribution < 1.29 is 13.9 Å². The van der Waals surface area contributed by atoms with Crippen molar-refractivity contribution >= 4 is 6.09 Å². The lowest BCUT2D eigenvalue weighted by molar-refractivity contribution is 0.0233. The van der Waals surface area contributed by atoms with Gasteiger partial charge in [-0.25, -0.2) is 4.79 Å². The highest BCUT2D eigenvalue weighted by molar-refractivity contribution is 5.69. The molecule has 0 radical (unpaired) electrons. The first-order chi connectivity index (χ1) is 8.81. The van der Waals surface area contributed by atoms with Crippen LogP contribution in [0, 0.1) is 6.92 Å². The summed E-state index contributed by atoms with van der Waals surface area (Å²) in [5.74, 6) is 1.78. The van der Waals surface area contributed by atoms with E-state index in [1.165, 1.54) is 0 Å². The Morgan fingerprint density at radius 1 is 1.42 bits per heavy atom. The topological polar surface area (TPSA) is 68.7 Å². The number of rotatable bonds is 2. The second-order valence-corrected chi connectivity index (χ2v) is 5.91. The Labute approximate surface area is 113 Å². The maximum absolute atomic E-state index is 12.0.